The molecule has 0 spiro atoms. The highest BCUT2D eigenvalue weighted by Crippen LogP contribution is 2.37. The molecule has 0 radical (unpaired) electrons. The van der Waals surface area contributed by atoms with Gasteiger partial charge in [0.25, 0.3) is 11.1 Å². The molecule has 2 heterocycles. The van der Waals surface area contributed by atoms with Crippen molar-refractivity contribution < 1.29 is 9.21 Å². The number of carbonyl (C=O) groups is 1. The average Bonchev–Trinajstić information content (AvgIpc) is 3.16. The normalized spacial score (nSPS) is 17.0. The maximum Gasteiger partial charge on any atom is 0.277 e. The molecule has 3 rings (SSSR count). The Hall–Kier alpha value is -1.34. The van der Waals surface area contributed by atoms with Crippen LogP contribution in [-0.2, 0) is 17.6 Å². The van der Waals surface area contributed by atoms with Gasteiger partial charge in [0, 0.05) is 11.4 Å². The summed E-state index contributed by atoms with van der Waals surface area (Å²) in [5.74, 6) is 1.62. The van der Waals surface area contributed by atoms with E-state index in [1.54, 1.807) is 11.3 Å². The standard InChI is InChI=1S/C16H21N3O2S2/c1-3-6-17-14(20)9-22-16-19-18-15(21-16)13-8-11-7-10(2)4-5-12(11)23-13/h8,10H,3-7,9H2,1-2H3,(H,17,20). The summed E-state index contributed by atoms with van der Waals surface area (Å²) < 4.78 is 5.70. The highest BCUT2D eigenvalue weighted by Gasteiger charge is 2.21. The first-order chi connectivity index (χ1) is 11.2. The molecular weight excluding hydrogens is 330 g/mol. The molecule has 1 unspecified atom stereocenters. The van der Waals surface area contributed by atoms with Crippen molar-refractivity contribution >= 4 is 29.0 Å². The Morgan fingerprint density at radius 2 is 2.39 bits per heavy atom. The van der Waals surface area contributed by atoms with Crippen molar-refractivity contribution in [3.8, 4) is 10.8 Å². The molecule has 23 heavy (non-hydrogen) atoms. The fourth-order valence-electron chi connectivity index (χ4n) is 2.62. The van der Waals surface area contributed by atoms with Crippen LogP contribution in [0.15, 0.2) is 15.7 Å². The van der Waals surface area contributed by atoms with Crippen molar-refractivity contribution in [2.75, 3.05) is 12.3 Å². The third-order valence-electron chi connectivity index (χ3n) is 3.85. The van der Waals surface area contributed by atoms with Gasteiger partial charge >= 0.3 is 0 Å². The van der Waals surface area contributed by atoms with Crippen LogP contribution in [0.4, 0.5) is 0 Å². The van der Waals surface area contributed by atoms with Crippen LogP contribution >= 0.6 is 23.1 Å². The van der Waals surface area contributed by atoms with E-state index in [9.17, 15) is 4.79 Å². The number of hydrogen-bond donors (Lipinski definition) is 1. The van der Waals surface area contributed by atoms with Gasteiger partial charge in [-0.25, -0.2) is 0 Å². The van der Waals surface area contributed by atoms with Crippen molar-refractivity contribution in [1.29, 1.82) is 0 Å². The zero-order valence-corrected chi connectivity index (χ0v) is 15.1. The van der Waals surface area contributed by atoms with Crippen LogP contribution in [0.3, 0.4) is 0 Å². The van der Waals surface area contributed by atoms with Crippen LogP contribution in [0, 0.1) is 5.92 Å². The molecule has 1 aliphatic carbocycles. The van der Waals surface area contributed by atoms with E-state index in [0.717, 1.165) is 30.1 Å². The van der Waals surface area contributed by atoms with Crippen LogP contribution < -0.4 is 5.32 Å². The summed E-state index contributed by atoms with van der Waals surface area (Å²) in [6.45, 7) is 5.03. The number of carbonyl (C=O) groups excluding carboxylic acids is 1. The Morgan fingerprint density at radius 1 is 1.52 bits per heavy atom. The monoisotopic (exact) mass is 351 g/mol. The lowest BCUT2D eigenvalue weighted by molar-refractivity contribution is -0.118. The Morgan fingerprint density at radius 3 is 3.22 bits per heavy atom. The largest absolute Gasteiger partial charge is 0.410 e. The molecule has 1 atom stereocenters. The van der Waals surface area contributed by atoms with Crippen molar-refractivity contribution in [3.05, 3.63) is 16.5 Å². The molecular formula is C16H21N3O2S2. The molecule has 0 aliphatic heterocycles. The van der Waals surface area contributed by atoms with Crippen LogP contribution in [-0.4, -0.2) is 28.4 Å². The van der Waals surface area contributed by atoms with Crippen molar-refractivity contribution in [3.63, 3.8) is 0 Å². The summed E-state index contributed by atoms with van der Waals surface area (Å²) in [5.41, 5.74) is 1.43. The maximum absolute atomic E-state index is 11.6. The van der Waals surface area contributed by atoms with E-state index in [2.05, 4.69) is 28.5 Å². The summed E-state index contributed by atoms with van der Waals surface area (Å²) in [6.07, 6.45) is 4.47. The molecule has 7 heteroatoms. The first-order valence-electron chi connectivity index (χ1n) is 8.00. The van der Waals surface area contributed by atoms with Gasteiger partial charge in [0.05, 0.1) is 10.6 Å². The van der Waals surface area contributed by atoms with Gasteiger partial charge in [0.1, 0.15) is 0 Å². The number of nitrogens with one attached hydrogen (secondary N) is 1. The first kappa shape index (κ1) is 16.5. The zero-order chi connectivity index (χ0) is 16.2. The number of nitrogens with zero attached hydrogens (tertiary/aromatic N) is 2. The quantitative estimate of drug-likeness (QED) is 0.806. The molecule has 2 aromatic heterocycles. The number of hydrogen-bond acceptors (Lipinski definition) is 6. The first-order valence-corrected chi connectivity index (χ1v) is 9.81. The van der Waals surface area contributed by atoms with Gasteiger partial charge in [-0.3, -0.25) is 4.79 Å². The number of fused-ring (bicyclic) bond motifs is 1. The lowest BCUT2D eigenvalue weighted by Crippen LogP contribution is -2.25. The van der Waals surface area contributed by atoms with E-state index in [1.807, 2.05) is 6.92 Å². The summed E-state index contributed by atoms with van der Waals surface area (Å²) in [5, 5.41) is 11.5. The molecule has 0 fully saturated rings. The van der Waals surface area contributed by atoms with Gasteiger partial charge in [-0.05, 0) is 43.2 Å². The number of aryl methyl sites for hydroxylation is 1. The lowest BCUT2D eigenvalue weighted by atomic mass is 9.90. The van der Waals surface area contributed by atoms with E-state index in [-0.39, 0.29) is 5.91 Å². The van der Waals surface area contributed by atoms with Crippen molar-refractivity contribution in [2.45, 2.75) is 44.8 Å². The molecule has 0 bridgehead atoms. The molecule has 1 aliphatic rings. The van der Waals surface area contributed by atoms with E-state index < -0.39 is 0 Å². The predicted octanol–water partition coefficient (Wildman–Crippen LogP) is 3.54. The van der Waals surface area contributed by atoms with E-state index in [0.29, 0.717) is 23.4 Å². The minimum atomic E-state index is -0.00262. The molecule has 0 saturated heterocycles. The number of thioether (sulfide) groups is 1. The van der Waals surface area contributed by atoms with Crippen molar-refractivity contribution in [1.82, 2.24) is 15.5 Å². The molecule has 5 nitrogen and oxygen atoms in total. The third kappa shape index (κ3) is 4.14. The zero-order valence-electron chi connectivity index (χ0n) is 13.4. The summed E-state index contributed by atoms with van der Waals surface area (Å²) in [6, 6.07) is 2.19. The fraction of sp³-hybridized carbons (Fsp3) is 0.562. The number of amides is 1. The SMILES string of the molecule is CCCNC(=O)CSc1nnc(-c2cc3c(s2)CCC(C)C3)o1. The summed E-state index contributed by atoms with van der Waals surface area (Å²) in [7, 11) is 0. The number of thiophene rings is 1. The van der Waals surface area contributed by atoms with Gasteiger partial charge < -0.3 is 9.73 Å². The maximum atomic E-state index is 11.6. The van der Waals surface area contributed by atoms with Crippen LogP contribution in [0.1, 0.15) is 37.1 Å². The third-order valence-corrected chi connectivity index (χ3v) is 5.89. The van der Waals surface area contributed by atoms with Crippen LogP contribution in [0.2, 0.25) is 0 Å². The molecule has 0 aromatic carbocycles. The number of aromatic nitrogens is 2. The van der Waals surface area contributed by atoms with E-state index >= 15 is 0 Å². The molecule has 1 N–H and O–H groups in total. The highest BCUT2D eigenvalue weighted by molar-refractivity contribution is 7.99. The van der Waals surface area contributed by atoms with Gasteiger partial charge in [-0.15, -0.1) is 21.5 Å². The Balaban J connectivity index is 1.62. The second-order valence-corrected chi connectivity index (χ2v) is 7.98. The molecule has 0 saturated carbocycles. The molecule has 124 valence electrons. The van der Waals surface area contributed by atoms with E-state index in [4.69, 9.17) is 4.42 Å². The van der Waals surface area contributed by atoms with Gasteiger partial charge in [0.2, 0.25) is 5.91 Å². The molecule has 1 amide bonds. The second-order valence-electron chi connectivity index (χ2n) is 5.92. The fourth-order valence-corrected chi connectivity index (χ4v) is 4.34. The van der Waals surface area contributed by atoms with Gasteiger partial charge in [-0.2, -0.15) is 0 Å². The summed E-state index contributed by atoms with van der Waals surface area (Å²) in [4.78, 5) is 14.1. The topological polar surface area (TPSA) is 68.0 Å². The number of rotatable bonds is 6. The smallest absolute Gasteiger partial charge is 0.277 e. The lowest BCUT2D eigenvalue weighted by Gasteiger charge is -2.16. The molecule has 2 aromatic rings. The van der Waals surface area contributed by atoms with Gasteiger partial charge in [-0.1, -0.05) is 25.6 Å². The minimum absolute atomic E-state index is 0.00262. The average molecular weight is 351 g/mol. The second kappa shape index (κ2) is 7.49. The predicted molar refractivity (Wildman–Crippen MR) is 92.8 cm³/mol. The minimum Gasteiger partial charge on any atom is -0.410 e. The Bertz CT molecular complexity index is 681. The van der Waals surface area contributed by atoms with Crippen LogP contribution in [0.25, 0.3) is 10.8 Å². The summed E-state index contributed by atoms with van der Waals surface area (Å²) >= 11 is 3.04. The Labute approximate surface area is 144 Å². The van der Waals surface area contributed by atoms with E-state index in [1.165, 1.54) is 28.6 Å². The van der Waals surface area contributed by atoms with Crippen LogP contribution in [0.5, 0.6) is 0 Å². The highest BCUT2D eigenvalue weighted by atomic mass is 32.2. The Kier molecular flexibility index (Phi) is 5.38. The van der Waals surface area contributed by atoms with Gasteiger partial charge in [0.15, 0.2) is 0 Å². The van der Waals surface area contributed by atoms with Crippen molar-refractivity contribution in [2.24, 2.45) is 5.92 Å².